The molecule has 1 saturated heterocycles. The van der Waals surface area contributed by atoms with Gasteiger partial charge in [0.15, 0.2) is 5.96 Å². The zero-order valence-electron chi connectivity index (χ0n) is 16.9. The molecule has 0 aromatic heterocycles. The summed E-state index contributed by atoms with van der Waals surface area (Å²) in [7, 11) is 1.69. The molecule has 0 bridgehead atoms. The number of hydrogen-bond donors (Lipinski definition) is 2. The first-order valence-electron chi connectivity index (χ1n) is 10.1. The maximum absolute atomic E-state index is 6.24. The van der Waals surface area contributed by atoms with Crippen molar-refractivity contribution in [2.45, 2.75) is 37.5 Å². The minimum Gasteiger partial charge on any atom is -0.497 e. The molecule has 6 heteroatoms. The zero-order valence-corrected chi connectivity index (χ0v) is 19.3. The number of nitrogens with zero attached hydrogens (tertiary/aromatic N) is 1. The third-order valence-corrected chi connectivity index (χ3v) is 6.08. The van der Waals surface area contributed by atoms with Gasteiger partial charge >= 0.3 is 0 Å². The van der Waals surface area contributed by atoms with Crippen LogP contribution in [0.3, 0.4) is 0 Å². The highest BCUT2D eigenvalue weighted by Crippen LogP contribution is 2.36. The van der Waals surface area contributed by atoms with Crippen LogP contribution in [0.5, 0.6) is 5.75 Å². The molecule has 1 aliphatic carbocycles. The maximum atomic E-state index is 6.24. The lowest BCUT2D eigenvalue weighted by Gasteiger charge is -2.36. The fourth-order valence-electron chi connectivity index (χ4n) is 4.32. The summed E-state index contributed by atoms with van der Waals surface area (Å²) >= 11 is 0. The Bertz CT molecular complexity index is 846. The first kappa shape index (κ1) is 21.9. The normalized spacial score (nSPS) is 17.9. The second-order valence-electron chi connectivity index (χ2n) is 7.78. The molecule has 0 spiro atoms. The highest BCUT2D eigenvalue weighted by atomic mass is 127. The predicted octanol–water partition coefficient (Wildman–Crippen LogP) is 4.28. The molecule has 4 rings (SSSR count). The van der Waals surface area contributed by atoms with E-state index in [4.69, 9.17) is 20.2 Å². The van der Waals surface area contributed by atoms with Crippen LogP contribution in [0.25, 0.3) is 0 Å². The van der Waals surface area contributed by atoms with Crippen molar-refractivity contribution in [2.24, 2.45) is 10.7 Å². The Labute approximate surface area is 190 Å². The average molecular weight is 507 g/mol. The van der Waals surface area contributed by atoms with E-state index in [0.717, 1.165) is 43.9 Å². The molecule has 0 amide bonds. The number of halogens is 1. The van der Waals surface area contributed by atoms with Gasteiger partial charge in [-0.25, -0.2) is 0 Å². The van der Waals surface area contributed by atoms with Crippen molar-refractivity contribution in [1.29, 1.82) is 0 Å². The number of benzene rings is 2. The predicted molar refractivity (Wildman–Crippen MR) is 129 cm³/mol. The van der Waals surface area contributed by atoms with Gasteiger partial charge in [-0.1, -0.05) is 18.2 Å². The molecule has 1 heterocycles. The van der Waals surface area contributed by atoms with Gasteiger partial charge in [0, 0.05) is 24.3 Å². The van der Waals surface area contributed by atoms with E-state index in [9.17, 15) is 0 Å². The molecule has 0 atom stereocenters. The van der Waals surface area contributed by atoms with Crippen LogP contribution in [0.2, 0.25) is 0 Å². The summed E-state index contributed by atoms with van der Waals surface area (Å²) in [4.78, 5) is 4.72. The minimum absolute atomic E-state index is 0. The summed E-state index contributed by atoms with van der Waals surface area (Å²) in [6.45, 7) is 2.14. The number of methoxy groups -OCH3 is 1. The van der Waals surface area contributed by atoms with Crippen LogP contribution in [-0.2, 0) is 23.0 Å². The summed E-state index contributed by atoms with van der Waals surface area (Å²) < 4.78 is 10.9. The van der Waals surface area contributed by atoms with E-state index in [0.29, 0.717) is 12.5 Å². The molecular formula is C23H30IN3O2. The van der Waals surface area contributed by atoms with Gasteiger partial charge in [-0.15, -0.1) is 24.0 Å². The number of nitrogens with one attached hydrogen (secondary N) is 1. The first-order chi connectivity index (χ1) is 13.7. The van der Waals surface area contributed by atoms with Crippen molar-refractivity contribution in [2.75, 3.05) is 32.2 Å². The minimum atomic E-state index is -0.0469. The van der Waals surface area contributed by atoms with Crippen LogP contribution in [-0.4, -0.2) is 32.8 Å². The third-order valence-electron chi connectivity index (χ3n) is 6.08. The largest absolute Gasteiger partial charge is 0.497 e. The summed E-state index contributed by atoms with van der Waals surface area (Å²) in [6.07, 6.45) is 5.47. The summed E-state index contributed by atoms with van der Waals surface area (Å²) in [5.41, 5.74) is 11.4. The number of hydrogen-bond acceptors (Lipinski definition) is 3. The molecular weight excluding hydrogens is 477 g/mol. The molecule has 0 saturated carbocycles. The zero-order chi connectivity index (χ0) is 19.4. The number of aliphatic imine (C=N–C) groups is 1. The van der Waals surface area contributed by atoms with Gasteiger partial charge in [-0.3, -0.25) is 4.99 Å². The number of aryl methyl sites for hydroxylation is 2. The maximum Gasteiger partial charge on any atom is 0.193 e. The Morgan fingerprint density at radius 3 is 2.55 bits per heavy atom. The van der Waals surface area contributed by atoms with Crippen LogP contribution in [0, 0.1) is 0 Å². The van der Waals surface area contributed by atoms with Crippen molar-refractivity contribution in [3.8, 4) is 5.75 Å². The van der Waals surface area contributed by atoms with Gasteiger partial charge in [-0.05, 0) is 73.1 Å². The molecule has 0 unspecified atom stereocenters. The van der Waals surface area contributed by atoms with E-state index < -0.39 is 0 Å². The lowest BCUT2D eigenvalue weighted by atomic mass is 9.74. The standard InChI is InChI=1S/C23H29N3O2.HI/c1-27-21-9-6-19(7-10-21)23(11-13-28-14-12-23)16-25-22(24)26-20-8-5-17-3-2-4-18(17)15-20;/h5-10,15H,2-4,11-14,16H2,1H3,(H3,24,25,26);1H. The molecule has 5 nitrogen and oxygen atoms in total. The van der Waals surface area contributed by atoms with Crippen LogP contribution >= 0.6 is 24.0 Å². The molecule has 0 radical (unpaired) electrons. The first-order valence-corrected chi connectivity index (χ1v) is 10.1. The quantitative estimate of drug-likeness (QED) is 0.360. The molecule has 2 aromatic carbocycles. The molecule has 2 aromatic rings. The van der Waals surface area contributed by atoms with Crippen molar-refractivity contribution < 1.29 is 9.47 Å². The van der Waals surface area contributed by atoms with E-state index >= 15 is 0 Å². The topological polar surface area (TPSA) is 68.9 Å². The molecule has 1 aliphatic heterocycles. The van der Waals surface area contributed by atoms with Gasteiger partial charge in [0.05, 0.1) is 13.7 Å². The van der Waals surface area contributed by atoms with Crippen LogP contribution in [0.1, 0.15) is 36.0 Å². The lowest BCUT2D eigenvalue weighted by Crippen LogP contribution is -2.38. The number of guanidine groups is 1. The Hall–Kier alpha value is -1.80. The van der Waals surface area contributed by atoms with Crippen LogP contribution in [0.15, 0.2) is 47.5 Å². The van der Waals surface area contributed by atoms with Crippen molar-refractivity contribution in [3.63, 3.8) is 0 Å². The van der Waals surface area contributed by atoms with E-state index in [2.05, 4.69) is 35.6 Å². The Kier molecular flexibility index (Phi) is 7.40. The molecule has 2 aliphatic rings. The van der Waals surface area contributed by atoms with Gasteiger partial charge in [0.2, 0.25) is 0 Å². The van der Waals surface area contributed by atoms with Gasteiger partial charge in [0.1, 0.15) is 5.75 Å². The Morgan fingerprint density at radius 1 is 1.10 bits per heavy atom. The van der Waals surface area contributed by atoms with E-state index in [1.165, 1.54) is 29.5 Å². The Morgan fingerprint density at radius 2 is 1.83 bits per heavy atom. The van der Waals surface area contributed by atoms with Gasteiger partial charge in [0.25, 0.3) is 0 Å². The monoisotopic (exact) mass is 507 g/mol. The lowest BCUT2D eigenvalue weighted by molar-refractivity contribution is 0.0531. The third kappa shape index (κ3) is 5.04. The summed E-state index contributed by atoms with van der Waals surface area (Å²) in [6, 6.07) is 14.8. The fraction of sp³-hybridized carbons (Fsp3) is 0.435. The fourth-order valence-corrected chi connectivity index (χ4v) is 4.32. The summed E-state index contributed by atoms with van der Waals surface area (Å²) in [5, 5.41) is 3.27. The van der Waals surface area contributed by atoms with E-state index in [-0.39, 0.29) is 29.4 Å². The number of anilines is 1. The van der Waals surface area contributed by atoms with Crippen LogP contribution in [0.4, 0.5) is 5.69 Å². The van der Waals surface area contributed by atoms with Crippen molar-refractivity contribution in [1.82, 2.24) is 0 Å². The van der Waals surface area contributed by atoms with E-state index in [1.807, 2.05) is 12.1 Å². The number of rotatable bonds is 5. The number of ether oxygens (including phenoxy) is 2. The second kappa shape index (κ2) is 9.80. The van der Waals surface area contributed by atoms with E-state index in [1.54, 1.807) is 7.11 Å². The highest BCUT2D eigenvalue weighted by molar-refractivity contribution is 14.0. The smallest absolute Gasteiger partial charge is 0.193 e. The number of nitrogens with two attached hydrogens (primary N) is 1. The van der Waals surface area contributed by atoms with Crippen molar-refractivity contribution >= 4 is 35.6 Å². The van der Waals surface area contributed by atoms with Crippen LogP contribution < -0.4 is 15.8 Å². The average Bonchev–Trinajstić information content (AvgIpc) is 3.21. The van der Waals surface area contributed by atoms with Gasteiger partial charge in [-0.2, -0.15) is 0 Å². The van der Waals surface area contributed by atoms with Crippen molar-refractivity contribution in [3.05, 3.63) is 59.2 Å². The van der Waals surface area contributed by atoms with Gasteiger partial charge < -0.3 is 20.5 Å². The molecule has 29 heavy (non-hydrogen) atoms. The second-order valence-corrected chi connectivity index (χ2v) is 7.78. The molecule has 156 valence electrons. The SMILES string of the molecule is COc1ccc(C2(CN=C(N)Nc3ccc4c(c3)CCC4)CCOCC2)cc1.I. The molecule has 3 N–H and O–H groups in total. The Balaban J connectivity index is 0.00000240. The summed E-state index contributed by atoms with van der Waals surface area (Å²) in [5.74, 6) is 1.34. The molecule has 1 fully saturated rings. The number of fused-ring (bicyclic) bond motifs is 1. The highest BCUT2D eigenvalue weighted by Gasteiger charge is 2.34.